The van der Waals surface area contributed by atoms with Crippen LogP contribution in [0.5, 0.6) is 0 Å². The standard InChI is InChI=1S/C11H21N3OS/c1-4-9(12)6-16-7-11-13-10(14-15-11)5-8(2)3/h8-9H,4-7,12H2,1-3H3. The second-order valence-electron chi connectivity index (χ2n) is 4.39. The van der Waals surface area contributed by atoms with Crippen molar-refractivity contribution in [2.24, 2.45) is 11.7 Å². The Morgan fingerprint density at radius 1 is 1.44 bits per heavy atom. The summed E-state index contributed by atoms with van der Waals surface area (Å²) in [6.07, 6.45) is 1.89. The summed E-state index contributed by atoms with van der Waals surface area (Å²) < 4.78 is 5.16. The van der Waals surface area contributed by atoms with Gasteiger partial charge in [0.15, 0.2) is 5.82 Å². The molecule has 1 rings (SSSR count). The van der Waals surface area contributed by atoms with E-state index < -0.39 is 0 Å². The first kappa shape index (κ1) is 13.5. The van der Waals surface area contributed by atoms with Crippen molar-refractivity contribution in [3.8, 4) is 0 Å². The van der Waals surface area contributed by atoms with Crippen molar-refractivity contribution in [1.29, 1.82) is 0 Å². The number of nitrogens with two attached hydrogens (primary N) is 1. The van der Waals surface area contributed by atoms with Crippen LogP contribution in [0.2, 0.25) is 0 Å². The number of hydrogen-bond acceptors (Lipinski definition) is 5. The minimum Gasteiger partial charge on any atom is -0.338 e. The van der Waals surface area contributed by atoms with E-state index in [2.05, 4.69) is 30.9 Å². The first-order chi connectivity index (χ1) is 7.61. The quantitative estimate of drug-likeness (QED) is 0.795. The average molecular weight is 243 g/mol. The maximum Gasteiger partial charge on any atom is 0.236 e. The van der Waals surface area contributed by atoms with Crippen molar-refractivity contribution in [2.75, 3.05) is 5.75 Å². The lowest BCUT2D eigenvalue weighted by molar-refractivity contribution is 0.382. The minimum absolute atomic E-state index is 0.267. The van der Waals surface area contributed by atoms with Gasteiger partial charge in [-0.2, -0.15) is 16.7 Å². The summed E-state index contributed by atoms with van der Waals surface area (Å²) in [5.41, 5.74) is 5.82. The zero-order chi connectivity index (χ0) is 12.0. The minimum atomic E-state index is 0.267. The molecule has 5 heteroatoms. The molecule has 0 saturated heterocycles. The highest BCUT2D eigenvalue weighted by atomic mass is 32.2. The van der Waals surface area contributed by atoms with Gasteiger partial charge in [-0.05, 0) is 12.3 Å². The van der Waals surface area contributed by atoms with Crippen LogP contribution in [-0.4, -0.2) is 21.9 Å². The van der Waals surface area contributed by atoms with Gasteiger partial charge < -0.3 is 10.3 Å². The molecule has 0 aliphatic heterocycles. The number of nitrogens with zero attached hydrogens (tertiary/aromatic N) is 2. The van der Waals surface area contributed by atoms with Crippen LogP contribution in [-0.2, 0) is 12.2 Å². The zero-order valence-electron chi connectivity index (χ0n) is 10.3. The van der Waals surface area contributed by atoms with E-state index in [4.69, 9.17) is 10.3 Å². The van der Waals surface area contributed by atoms with Crippen molar-refractivity contribution in [1.82, 2.24) is 10.1 Å². The SMILES string of the molecule is CCC(N)CSCc1nc(CC(C)C)no1. The molecule has 1 unspecified atom stereocenters. The van der Waals surface area contributed by atoms with Gasteiger partial charge in [0.1, 0.15) is 0 Å². The molecule has 0 fully saturated rings. The molecule has 1 aromatic heterocycles. The second-order valence-corrected chi connectivity index (χ2v) is 5.42. The van der Waals surface area contributed by atoms with Crippen LogP contribution < -0.4 is 5.73 Å². The molecule has 1 heterocycles. The van der Waals surface area contributed by atoms with Crippen molar-refractivity contribution in [3.05, 3.63) is 11.7 Å². The maximum absolute atomic E-state index is 5.82. The lowest BCUT2D eigenvalue weighted by Crippen LogP contribution is -2.21. The third kappa shape index (κ3) is 4.99. The van der Waals surface area contributed by atoms with E-state index in [9.17, 15) is 0 Å². The molecule has 1 aromatic rings. The fraction of sp³-hybridized carbons (Fsp3) is 0.818. The number of aromatic nitrogens is 2. The molecule has 0 aliphatic rings. The highest BCUT2D eigenvalue weighted by molar-refractivity contribution is 7.98. The van der Waals surface area contributed by atoms with Crippen LogP contribution in [0.1, 0.15) is 38.9 Å². The molecule has 0 radical (unpaired) electrons. The molecular formula is C11H21N3OS. The Morgan fingerprint density at radius 3 is 2.81 bits per heavy atom. The van der Waals surface area contributed by atoms with E-state index in [0.29, 0.717) is 11.8 Å². The molecule has 0 aromatic carbocycles. The van der Waals surface area contributed by atoms with E-state index in [1.54, 1.807) is 11.8 Å². The first-order valence-electron chi connectivity index (χ1n) is 5.76. The normalized spacial score (nSPS) is 13.3. The van der Waals surface area contributed by atoms with Gasteiger partial charge in [0.25, 0.3) is 0 Å². The zero-order valence-corrected chi connectivity index (χ0v) is 11.1. The summed E-state index contributed by atoms with van der Waals surface area (Å²) in [5.74, 6) is 3.79. The van der Waals surface area contributed by atoms with Crippen LogP contribution in [0.25, 0.3) is 0 Å². The van der Waals surface area contributed by atoms with Gasteiger partial charge in [0, 0.05) is 18.2 Å². The lowest BCUT2D eigenvalue weighted by atomic mass is 10.1. The monoisotopic (exact) mass is 243 g/mol. The molecule has 1 atom stereocenters. The highest BCUT2D eigenvalue weighted by Crippen LogP contribution is 2.13. The fourth-order valence-electron chi connectivity index (χ4n) is 1.21. The molecule has 2 N–H and O–H groups in total. The molecule has 0 amide bonds. The predicted molar refractivity (Wildman–Crippen MR) is 67.3 cm³/mol. The largest absolute Gasteiger partial charge is 0.338 e. The Morgan fingerprint density at radius 2 is 2.19 bits per heavy atom. The van der Waals surface area contributed by atoms with Gasteiger partial charge in [-0.1, -0.05) is 25.9 Å². The van der Waals surface area contributed by atoms with Gasteiger partial charge in [-0.15, -0.1) is 0 Å². The third-order valence-corrected chi connectivity index (χ3v) is 3.30. The molecule has 92 valence electrons. The Balaban J connectivity index is 2.29. The summed E-state index contributed by atoms with van der Waals surface area (Å²) in [4.78, 5) is 4.33. The second kappa shape index (κ2) is 6.91. The molecule has 0 saturated carbocycles. The van der Waals surface area contributed by atoms with E-state index in [0.717, 1.165) is 30.2 Å². The van der Waals surface area contributed by atoms with Crippen molar-refractivity contribution in [3.63, 3.8) is 0 Å². The van der Waals surface area contributed by atoms with Crippen molar-refractivity contribution >= 4 is 11.8 Å². The smallest absolute Gasteiger partial charge is 0.236 e. The number of rotatable bonds is 7. The fourth-order valence-corrected chi connectivity index (χ4v) is 2.16. The predicted octanol–water partition coefficient (Wildman–Crippen LogP) is 2.24. The summed E-state index contributed by atoms with van der Waals surface area (Å²) in [5, 5.41) is 3.94. The molecule has 4 nitrogen and oxygen atoms in total. The summed E-state index contributed by atoms with van der Waals surface area (Å²) in [6, 6.07) is 0.267. The Labute approximate surface area is 101 Å². The average Bonchev–Trinajstić information content (AvgIpc) is 2.64. The van der Waals surface area contributed by atoms with Gasteiger partial charge in [0.05, 0.1) is 5.75 Å². The topological polar surface area (TPSA) is 64.9 Å². The molecule has 16 heavy (non-hydrogen) atoms. The van der Waals surface area contributed by atoms with Crippen LogP contribution >= 0.6 is 11.8 Å². The van der Waals surface area contributed by atoms with E-state index >= 15 is 0 Å². The Bertz CT molecular complexity index is 301. The lowest BCUT2D eigenvalue weighted by Gasteiger charge is -2.05. The number of thioether (sulfide) groups is 1. The van der Waals surface area contributed by atoms with Crippen LogP contribution in [0.4, 0.5) is 0 Å². The molecular weight excluding hydrogens is 222 g/mol. The van der Waals surface area contributed by atoms with E-state index in [1.165, 1.54) is 0 Å². The van der Waals surface area contributed by atoms with Crippen molar-refractivity contribution < 1.29 is 4.52 Å². The van der Waals surface area contributed by atoms with Crippen LogP contribution in [0, 0.1) is 5.92 Å². The van der Waals surface area contributed by atoms with Gasteiger partial charge >= 0.3 is 0 Å². The van der Waals surface area contributed by atoms with Crippen LogP contribution in [0.15, 0.2) is 4.52 Å². The summed E-state index contributed by atoms with van der Waals surface area (Å²) >= 11 is 1.75. The molecule has 0 aliphatic carbocycles. The Kier molecular flexibility index (Phi) is 5.84. The molecule has 0 bridgehead atoms. The van der Waals surface area contributed by atoms with Crippen molar-refractivity contribution in [2.45, 2.75) is 45.4 Å². The van der Waals surface area contributed by atoms with E-state index in [-0.39, 0.29) is 6.04 Å². The van der Waals surface area contributed by atoms with Gasteiger partial charge in [0.2, 0.25) is 5.89 Å². The highest BCUT2D eigenvalue weighted by Gasteiger charge is 2.08. The van der Waals surface area contributed by atoms with Crippen LogP contribution in [0.3, 0.4) is 0 Å². The first-order valence-corrected chi connectivity index (χ1v) is 6.92. The van der Waals surface area contributed by atoms with Gasteiger partial charge in [-0.25, -0.2) is 0 Å². The summed E-state index contributed by atoms with van der Waals surface area (Å²) in [7, 11) is 0. The Hall–Kier alpha value is -0.550. The third-order valence-electron chi connectivity index (χ3n) is 2.18. The maximum atomic E-state index is 5.82. The van der Waals surface area contributed by atoms with E-state index in [1.807, 2.05) is 0 Å². The van der Waals surface area contributed by atoms with Gasteiger partial charge in [-0.3, -0.25) is 0 Å². The summed E-state index contributed by atoms with van der Waals surface area (Å²) in [6.45, 7) is 6.38. The molecule has 0 spiro atoms. The number of hydrogen-bond donors (Lipinski definition) is 1.